The van der Waals surface area contributed by atoms with Gasteiger partial charge in [-0.3, -0.25) is 14.4 Å². The third-order valence-electron chi connectivity index (χ3n) is 6.47. The molecule has 1 atom stereocenters. The predicted molar refractivity (Wildman–Crippen MR) is 150 cm³/mol. The molecule has 0 aliphatic carbocycles. The van der Waals surface area contributed by atoms with Gasteiger partial charge in [-0.05, 0) is 60.7 Å². The number of ketones is 1. The van der Waals surface area contributed by atoms with Crippen LogP contribution in [0.2, 0.25) is 0 Å². The number of carbonyl (C=O) groups excluding carboxylic acids is 3. The predicted octanol–water partition coefficient (Wildman–Crippen LogP) is 5.39. The van der Waals surface area contributed by atoms with E-state index in [1.807, 2.05) is 51.1 Å². The van der Waals surface area contributed by atoms with E-state index in [2.05, 4.69) is 10.3 Å². The van der Waals surface area contributed by atoms with Gasteiger partial charge in [0.15, 0.2) is 5.78 Å². The highest BCUT2D eigenvalue weighted by atomic mass is 32.1. The molecule has 3 N–H and O–H groups in total. The van der Waals surface area contributed by atoms with Crippen molar-refractivity contribution in [1.82, 2.24) is 4.98 Å². The zero-order chi connectivity index (χ0) is 27.6. The van der Waals surface area contributed by atoms with E-state index in [0.29, 0.717) is 28.4 Å². The highest BCUT2D eigenvalue weighted by molar-refractivity contribution is 7.21. The first kappa shape index (κ1) is 27.4. The molecule has 0 unspecified atom stereocenters. The van der Waals surface area contributed by atoms with Crippen LogP contribution in [0.4, 0.5) is 5.82 Å². The Bertz CT molecular complexity index is 1540. The number of hydrogen-bond acceptors (Lipinski definition) is 8. The number of benzene rings is 2. The minimum atomic E-state index is -0.681. The Labute approximate surface area is 225 Å². The molecule has 4 aromatic rings. The van der Waals surface area contributed by atoms with Crippen LogP contribution in [0, 0.1) is 12.8 Å². The van der Waals surface area contributed by atoms with E-state index >= 15 is 0 Å². The molecule has 4 rings (SSSR count). The van der Waals surface area contributed by atoms with Crippen LogP contribution in [0.5, 0.6) is 0 Å². The Morgan fingerprint density at radius 1 is 1.05 bits per heavy atom. The molecule has 9 heteroatoms. The van der Waals surface area contributed by atoms with Gasteiger partial charge in [0, 0.05) is 28.1 Å². The van der Waals surface area contributed by atoms with Crippen molar-refractivity contribution in [2.24, 2.45) is 11.7 Å². The number of Topliss-reactive ketones (excluding diaryl/α,β-unsaturated/α-hetero) is 1. The van der Waals surface area contributed by atoms with E-state index in [1.54, 1.807) is 19.2 Å². The minimum Gasteiger partial charge on any atom is -0.460 e. The van der Waals surface area contributed by atoms with E-state index in [1.165, 1.54) is 18.3 Å². The number of amides is 1. The summed E-state index contributed by atoms with van der Waals surface area (Å²) >= 11 is 1.29. The van der Waals surface area contributed by atoms with Gasteiger partial charge in [0.05, 0.1) is 17.0 Å². The standard InChI is InChI=1S/C29H31N3O5S/c1-15(2)25(30)29(35)37-14-18-7-6-8-22-21(18)11-12-23(31-22)32-28(34)26-16(3)24-19(13-36-5)9-10-20(17(4)33)27(24)38-26/h6-12,15,25H,13-14,30H2,1-5H3,(H,31,32,34)/t25-/m0/s1. The zero-order valence-corrected chi connectivity index (χ0v) is 22.9. The minimum absolute atomic E-state index is 0.0203. The van der Waals surface area contributed by atoms with E-state index < -0.39 is 12.0 Å². The fraction of sp³-hybridized carbons (Fsp3) is 0.310. The van der Waals surface area contributed by atoms with Gasteiger partial charge in [0.25, 0.3) is 5.91 Å². The second kappa shape index (κ2) is 11.4. The maximum absolute atomic E-state index is 13.3. The van der Waals surface area contributed by atoms with Crippen molar-refractivity contribution in [2.75, 3.05) is 12.4 Å². The number of carbonyl (C=O) groups is 3. The molecule has 0 radical (unpaired) electrons. The van der Waals surface area contributed by atoms with Crippen molar-refractivity contribution in [3.05, 3.63) is 69.6 Å². The SMILES string of the molecule is COCc1ccc(C(C)=O)c2sc(C(=O)Nc3ccc4c(COC(=O)[C@@H](N)C(C)C)cccc4n3)c(C)c12. The summed E-state index contributed by atoms with van der Waals surface area (Å²) in [6, 6.07) is 12.0. The van der Waals surface area contributed by atoms with E-state index in [0.717, 1.165) is 32.2 Å². The van der Waals surface area contributed by atoms with Crippen LogP contribution in [0.3, 0.4) is 0 Å². The normalized spacial score (nSPS) is 12.2. The number of esters is 1. The zero-order valence-electron chi connectivity index (χ0n) is 22.1. The summed E-state index contributed by atoms with van der Waals surface area (Å²) in [6.45, 7) is 7.58. The molecule has 1 amide bonds. The third kappa shape index (κ3) is 5.45. The molecule has 38 heavy (non-hydrogen) atoms. The second-order valence-corrected chi connectivity index (χ2v) is 10.6. The molecule has 198 valence electrons. The van der Waals surface area contributed by atoms with Crippen LogP contribution in [0.15, 0.2) is 42.5 Å². The number of nitrogens with zero attached hydrogens (tertiary/aromatic N) is 1. The Morgan fingerprint density at radius 2 is 1.82 bits per heavy atom. The molecule has 0 spiro atoms. The fourth-order valence-corrected chi connectivity index (χ4v) is 5.62. The number of anilines is 1. The van der Waals surface area contributed by atoms with Gasteiger partial charge in [0.1, 0.15) is 18.5 Å². The summed E-state index contributed by atoms with van der Waals surface area (Å²) in [5.74, 6) is -0.446. The number of aryl methyl sites for hydroxylation is 1. The van der Waals surface area contributed by atoms with Gasteiger partial charge >= 0.3 is 5.97 Å². The topological polar surface area (TPSA) is 121 Å². The second-order valence-electron chi connectivity index (χ2n) is 9.53. The van der Waals surface area contributed by atoms with Gasteiger partial charge in [0.2, 0.25) is 0 Å². The number of pyridine rings is 1. The van der Waals surface area contributed by atoms with Crippen LogP contribution in [0.25, 0.3) is 21.0 Å². The largest absolute Gasteiger partial charge is 0.460 e. The summed E-state index contributed by atoms with van der Waals surface area (Å²) in [7, 11) is 1.61. The number of aromatic nitrogens is 1. The molecular weight excluding hydrogens is 502 g/mol. The summed E-state index contributed by atoms with van der Waals surface area (Å²) in [5.41, 5.74) is 9.62. The maximum Gasteiger partial charge on any atom is 0.323 e. The van der Waals surface area contributed by atoms with Gasteiger partial charge < -0.3 is 20.5 Å². The molecule has 0 bridgehead atoms. The van der Waals surface area contributed by atoms with Crippen molar-refractivity contribution in [2.45, 2.75) is 47.0 Å². The van der Waals surface area contributed by atoms with Gasteiger partial charge in [-0.15, -0.1) is 11.3 Å². The van der Waals surface area contributed by atoms with Crippen LogP contribution in [-0.4, -0.2) is 35.8 Å². The first-order chi connectivity index (χ1) is 18.1. The molecule has 2 aromatic heterocycles. The number of methoxy groups -OCH3 is 1. The van der Waals surface area contributed by atoms with Crippen molar-refractivity contribution < 1.29 is 23.9 Å². The lowest BCUT2D eigenvalue weighted by atomic mass is 10.0. The molecule has 0 saturated carbocycles. The summed E-state index contributed by atoms with van der Waals surface area (Å²) in [6.07, 6.45) is 0. The van der Waals surface area contributed by atoms with Crippen LogP contribution < -0.4 is 11.1 Å². The van der Waals surface area contributed by atoms with E-state index in [9.17, 15) is 14.4 Å². The average molecular weight is 534 g/mol. The Hall–Kier alpha value is -3.66. The molecule has 8 nitrogen and oxygen atoms in total. The molecule has 2 aromatic carbocycles. The summed E-state index contributed by atoms with van der Waals surface area (Å²) in [5, 5.41) is 4.57. The van der Waals surface area contributed by atoms with Crippen molar-refractivity contribution in [3.63, 3.8) is 0 Å². The molecule has 2 heterocycles. The van der Waals surface area contributed by atoms with Gasteiger partial charge in [-0.1, -0.05) is 32.0 Å². The number of thiophene rings is 1. The Kier molecular flexibility index (Phi) is 8.20. The van der Waals surface area contributed by atoms with E-state index in [4.69, 9.17) is 15.2 Å². The quantitative estimate of drug-likeness (QED) is 0.219. The lowest BCUT2D eigenvalue weighted by molar-refractivity contribution is -0.147. The molecule has 0 aliphatic heterocycles. The highest BCUT2D eigenvalue weighted by Crippen LogP contribution is 2.37. The highest BCUT2D eigenvalue weighted by Gasteiger charge is 2.22. The van der Waals surface area contributed by atoms with Crippen LogP contribution >= 0.6 is 11.3 Å². The molecule has 0 saturated heterocycles. The Balaban J connectivity index is 1.60. The monoisotopic (exact) mass is 533 g/mol. The van der Waals surface area contributed by atoms with Crippen molar-refractivity contribution >= 4 is 55.8 Å². The Morgan fingerprint density at radius 3 is 2.50 bits per heavy atom. The van der Waals surface area contributed by atoms with Crippen LogP contribution in [-0.2, 0) is 27.5 Å². The average Bonchev–Trinajstić information content (AvgIpc) is 3.24. The van der Waals surface area contributed by atoms with Crippen LogP contribution in [0.1, 0.15) is 57.5 Å². The number of nitrogens with two attached hydrogens (primary N) is 1. The smallest absolute Gasteiger partial charge is 0.323 e. The number of fused-ring (bicyclic) bond motifs is 2. The summed E-state index contributed by atoms with van der Waals surface area (Å²) in [4.78, 5) is 42.9. The van der Waals surface area contributed by atoms with Crippen molar-refractivity contribution in [1.29, 1.82) is 0 Å². The van der Waals surface area contributed by atoms with Gasteiger partial charge in [-0.2, -0.15) is 0 Å². The number of ether oxygens (including phenoxy) is 2. The number of hydrogen-bond donors (Lipinski definition) is 2. The van der Waals surface area contributed by atoms with Gasteiger partial charge in [-0.25, -0.2) is 4.98 Å². The molecule has 0 fully saturated rings. The third-order valence-corrected chi connectivity index (χ3v) is 7.80. The summed E-state index contributed by atoms with van der Waals surface area (Å²) < 4.78 is 11.5. The van der Waals surface area contributed by atoms with E-state index in [-0.39, 0.29) is 24.2 Å². The lowest BCUT2D eigenvalue weighted by Crippen LogP contribution is -2.36. The lowest BCUT2D eigenvalue weighted by Gasteiger charge is -2.15. The number of rotatable bonds is 9. The first-order valence-corrected chi connectivity index (χ1v) is 13.1. The molecular formula is C29H31N3O5S. The fourth-order valence-electron chi connectivity index (χ4n) is 4.31. The molecule has 0 aliphatic rings. The maximum atomic E-state index is 13.3. The van der Waals surface area contributed by atoms with Crippen molar-refractivity contribution in [3.8, 4) is 0 Å². The first-order valence-electron chi connectivity index (χ1n) is 12.3. The number of nitrogens with one attached hydrogen (secondary N) is 1.